The molecule has 2 aromatic carbocycles. The van der Waals surface area contributed by atoms with E-state index in [0.29, 0.717) is 17.5 Å². The number of carbonyl (C=O) groups is 2. The molecule has 0 radical (unpaired) electrons. The molecule has 0 aliphatic carbocycles. The number of nitrogens with one attached hydrogen (secondary N) is 2. The lowest BCUT2D eigenvalue weighted by Crippen LogP contribution is -2.45. The summed E-state index contributed by atoms with van der Waals surface area (Å²) in [5.41, 5.74) is 2.08. The van der Waals surface area contributed by atoms with Crippen LogP contribution < -0.4 is 21.1 Å². The van der Waals surface area contributed by atoms with Crippen molar-refractivity contribution in [1.29, 1.82) is 0 Å². The predicted octanol–water partition coefficient (Wildman–Crippen LogP) is 3.01. The highest BCUT2D eigenvalue weighted by atomic mass is 19.4. The molecule has 0 unspecified atom stereocenters. The van der Waals surface area contributed by atoms with E-state index in [-0.39, 0.29) is 11.6 Å². The molecule has 0 spiro atoms. The second kappa shape index (κ2) is 8.39. The predicted molar refractivity (Wildman–Crippen MR) is 101 cm³/mol. The number of anilines is 3. The van der Waals surface area contributed by atoms with Crippen molar-refractivity contribution >= 4 is 28.9 Å². The summed E-state index contributed by atoms with van der Waals surface area (Å²) in [6, 6.07) is 9.08. The number of carbonyl (C=O) groups excluding carboxylic acids is 2. The SMILES string of the molecule is CC(=O)Nc1ccc(OC[C@](C)(O)C(=O)Nc2ccc(N)c(C(F)(F)F)c2)cc1. The third-order valence-electron chi connectivity index (χ3n) is 3.80. The van der Waals surface area contributed by atoms with Gasteiger partial charge in [-0.2, -0.15) is 13.2 Å². The van der Waals surface area contributed by atoms with Crippen LogP contribution in [0.15, 0.2) is 42.5 Å². The second-order valence-corrected chi connectivity index (χ2v) is 6.52. The van der Waals surface area contributed by atoms with Crippen LogP contribution in [0, 0.1) is 0 Å². The van der Waals surface area contributed by atoms with Crippen molar-refractivity contribution < 1.29 is 32.6 Å². The number of ether oxygens (including phenoxy) is 1. The van der Waals surface area contributed by atoms with Crippen LogP contribution >= 0.6 is 0 Å². The Kier molecular flexibility index (Phi) is 6.38. The molecular weight excluding hydrogens is 391 g/mol. The molecule has 2 rings (SSSR count). The summed E-state index contributed by atoms with van der Waals surface area (Å²) in [6.45, 7) is 2.06. The standard InChI is InChI=1S/C19H20F3N3O4/c1-11(26)24-12-3-6-14(7-4-12)29-10-18(2,28)17(27)25-13-5-8-16(23)15(9-13)19(20,21)22/h3-9,28H,10,23H2,1-2H3,(H,24,26)(H,25,27)/t18-/m0/s1. The number of nitrogens with two attached hydrogens (primary N) is 1. The largest absolute Gasteiger partial charge is 0.490 e. The van der Waals surface area contributed by atoms with E-state index in [9.17, 15) is 27.9 Å². The molecule has 0 bridgehead atoms. The molecule has 0 aliphatic rings. The first-order chi connectivity index (χ1) is 13.4. The van der Waals surface area contributed by atoms with Gasteiger partial charge in [0.1, 0.15) is 12.4 Å². The van der Waals surface area contributed by atoms with Gasteiger partial charge >= 0.3 is 6.18 Å². The van der Waals surface area contributed by atoms with Crippen molar-refractivity contribution in [2.24, 2.45) is 0 Å². The minimum absolute atomic E-state index is 0.170. The number of rotatable bonds is 6. The summed E-state index contributed by atoms with van der Waals surface area (Å²) < 4.78 is 44.1. The van der Waals surface area contributed by atoms with Gasteiger partial charge in [-0.25, -0.2) is 0 Å². The molecule has 10 heteroatoms. The van der Waals surface area contributed by atoms with E-state index in [0.717, 1.165) is 13.0 Å². The van der Waals surface area contributed by atoms with Gasteiger partial charge in [0, 0.05) is 24.0 Å². The number of alkyl halides is 3. The molecule has 2 aromatic rings. The van der Waals surface area contributed by atoms with Crippen LogP contribution in [0.2, 0.25) is 0 Å². The van der Waals surface area contributed by atoms with Crippen LogP contribution in [0.4, 0.5) is 30.2 Å². The zero-order valence-electron chi connectivity index (χ0n) is 15.6. The molecule has 1 atom stereocenters. The zero-order chi connectivity index (χ0) is 21.8. The number of benzene rings is 2. The lowest BCUT2D eigenvalue weighted by atomic mass is 10.1. The van der Waals surface area contributed by atoms with Gasteiger partial charge in [0.25, 0.3) is 5.91 Å². The molecule has 0 aromatic heterocycles. The fraction of sp³-hybridized carbons (Fsp3) is 0.263. The molecule has 0 fully saturated rings. The molecule has 0 heterocycles. The Labute approximate surface area is 164 Å². The minimum Gasteiger partial charge on any atom is -0.490 e. The summed E-state index contributed by atoms with van der Waals surface area (Å²) in [5, 5.41) is 15.1. The van der Waals surface area contributed by atoms with Crippen molar-refractivity contribution in [3.63, 3.8) is 0 Å². The van der Waals surface area contributed by atoms with Gasteiger partial charge in [-0.15, -0.1) is 0 Å². The molecule has 0 aliphatic heterocycles. The van der Waals surface area contributed by atoms with Gasteiger partial charge in [-0.1, -0.05) is 0 Å². The van der Waals surface area contributed by atoms with Gasteiger partial charge in [-0.3, -0.25) is 9.59 Å². The molecule has 2 amide bonds. The maximum absolute atomic E-state index is 12.9. The summed E-state index contributed by atoms with van der Waals surface area (Å²) in [6.07, 6.45) is -4.68. The Bertz CT molecular complexity index is 897. The van der Waals surface area contributed by atoms with E-state index in [1.54, 1.807) is 12.1 Å². The quantitative estimate of drug-likeness (QED) is 0.546. The molecule has 7 nitrogen and oxygen atoms in total. The lowest BCUT2D eigenvalue weighted by molar-refractivity contribution is -0.137. The highest BCUT2D eigenvalue weighted by Gasteiger charge is 2.35. The van der Waals surface area contributed by atoms with Crippen molar-refractivity contribution in [2.75, 3.05) is 23.0 Å². The Morgan fingerprint density at radius 3 is 2.21 bits per heavy atom. The third-order valence-corrected chi connectivity index (χ3v) is 3.80. The molecule has 0 saturated carbocycles. The smallest absolute Gasteiger partial charge is 0.418 e. The first-order valence-corrected chi connectivity index (χ1v) is 8.39. The Hall–Kier alpha value is -3.27. The van der Waals surface area contributed by atoms with E-state index in [4.69, 9.17) is 10.5 Å². The minimum atomic E-state index is -4.68. The van der Waals surface area contributed by atoms with Crippen LogP contribution in [-0.4, -0.2) is 29.1 Å². The van der Waals surface area contributed by atoms with Crippen molar-refractivity contribution in [3.8, 4) is 5.75 Å². The van der Waals surface area contributed by atoms with Crippen LogP contribution in [0.25, 0.3) is 0 Å². The first kappa shape index (κ1) is 22.0. The molecular formula is C19H20F3N3O4. The Balaban J connectivity index is 2.02. The third kappa shape index (κ3) is 6.11. The van der Waals surface area contributed by atoms with E-state index >= 15 is 0 Å². The summed E-state index contributed by atoms with van der Waals surface area (Å²) in [5.74, 6) is -0.876. The highest BCUT2D eigenvalue weighted by Crippen LogP contribution is 2.35. The topological polar surface area (TPSA) is 114 Å². The summed E-state index contributed by atoms with van der Waals surface area (Å²) in [4.78, 5) is 23.3. The Morgan fingerprint density at radius 1 is 1.07 bits per heavy atom. The van der Waals surface area contributed by atoms with Crippen LogP contribution in [0.1, 0.15) is 19.4 Å². The van der Waals surface area contributed by atoms with Crippen molar-refractivity contribution in [1.82, 2.24) is 0 Å². The van der Waals surface area contributed by atoms with Gasteiger partial charge < -0.3 is 26.2 Å². The van der Waals surface area contributed by atoms with Gasteiger partial charge in [0.15, 0.2) is 5.60 Å². The Morgan fingerprint density at radius 2 is 1.66 bits per heavy atom. The van der Waals surface area contributed by atoms with Gasteiger partial charge in [-0.05, 0) is 49.4 Å². The average molecular weight is 411 g/mol. The monoisotopic (exact) mass is 411 g/mol. The fourth-order valence-electron chi connectivity index (χ4n) is 2.27. The molecule has 156 valence electrons. The molecule has 29 heavy (non-hydrogen) atoms. The number of halogens is 3. The lowest BCUT2D eigenvalue weighted by Gasteiger charge is -2.23. The van der Waals surface area contributed by atoms with E-state index in [1.165, 1.54) is 25.1 Å². The number of hydrogen-bond donors (Lipinski definition) is 4. The number of amides is 2. The van der Waals surface area contributed by atoms with Gasteiger partial charge in [0.2, 0.25) is 5.91 Å². The molecule has 0 saturated heterocycles. The highest BCUT2D eigenvalue weighted by molar-refractivity contribution is 5.97. The van der Waals surface area contributed by atoms with Crippen LogP contribution in [0.5, 0.6) is 5.75 Å². The van der Waals surface area contributed by atoms with Crippen LogP contribution in [0.3, 0.4) is 0 Å². The number of aliphatic hydroxyl groups is 1. The summed E-state index contributed by atoms with van der Waals surface area (Å²) >= 11 is 0. The van der Waals surface area contributed by atoms with E-state index < -0.39 is 35.5 Å². The van der Waals surface area contributed by atoms with E-state index in [2.05, 4.69) is 10.6 Å². The normalized spacial score (nSPS) is 13.3. The average Bonchev–Trinajstić information content (AvgIpc) is 2.61. The maximum Gasteiger partial charge on any atom is 0.418 e. The van der Waals surface area contributed by atoms with Gasteiger partial charge in [0.05, 0.1) is 5.56 Å². The summed E-state index contributed by atoms with van der Waals surface area (Å²) in [7, 11) is 0. The van der Waals surface area contributed by atoms with Crippen molar-refractivity contribution in [3.05, 3.63) is 48.0 Å². The number of nitrogen functional groups attached to an aromatic ring is 1. The first-order valence-electron chi connectivity index (χ1n) is 8.39. The molecule has 5 N–H and O–H groups in total. The van der Waals surface area contributed by atoms with E-state index in [1.807, 2.05) is 0 Å². The number of hydrogen-bond acceptors (Lipinski definition) is 5. The maximum atomic E-state index is 12.9. The zero-order valence-corrected chi connectivity index (χ0v) is 15.6. The second-order valence-electron chi connectivity index (χ2n) is 6.52. The van der Waals surface area contributed by atoms with Crippen molar-refractivity contribution in [2.45, 2.75) is 25.6 Å². The van der Waals surface area contributed by atoms with Crippen LogP contribution in [-0.2, 0) is 15.8 Å². The fourth-order valence-corrected chi connectivity index (χ4v) is 2.27.